The summed E-state index contributed by atoms with van der Waals surface area (Å²) >= 11 is 0. The monoisotopic (exact) mass is 434 g/mol. The molecule has 0 saturated carbocycles. The van der Waals surface area contributed by atoms with E-state index in [1.54, 1.807) is 36.4 Å². The molecule has 1 saturated heterocycles. The lowest BCUT2D eigenvalue weighted by Gasteiger charge is -2.35. The molecule has 158 valence electrons. The minimum atomic E-state index is -3.66. The maximum atomic E-state index is 13.3. The van der Waals surface area contributed by atoms with Crippen LogP contribution in [0.5, 0.6) is 5.75 Å². The fraction of sp³-hybridized carbons (Fsp3) is 0.300. The number of nitrogens with zero attached hydrogens (tertiary/aromatic N) is 4. The van der Waals surface area contributed by atoms with Crippen molar-refractivity contribution in [1.29, 1.82) is 0 Å². The van der Waals surface area contributed by atoms with Crippen LogP contribution >= 0.6 is 0 Å². The fourth-order valence-electron chi connectivity index (χ4n) is 3.45. The van der Waals surface area contributed by atoms with Crippen molar-refractivity contribution >= 4 is 26.7 Å². The Morgan fingerprint density at radius 2 is 1.63 bits per heavy atom. The van der Waals surface area contributed by atoms with Gasteiger partial charge in [0, 0.05) is 31.6 Å². The molecule has 1 aliphatic heterocycles. The lowest BCUT2D eigenvalue weighted by Crippen LogP contribution is -2.49. The molecule has 2 aromatic carbocycles. The quantitative estimate of drug-likeness (QED) is 0.614. The molecular formula is C20H20F2N4O3S. The molecular weight excluding hydrogens is 414 g/mol. The lowest BCUT2D eigenvalue weighted by atomic mass is 10.2. The predicted octanol–water partition coefficient (Wildman–Crippen LogP) is 3.09. The number of halogens is 2. The summed E-state index contributed by atoms with van der Waals surface area (Å²) in [4.78, 5) is 10.0. The molecule has 1 fully saturated rings. The summed E-state index contributed by atoms with van der Waals surface area (Å²) in [6.07, 6.45) is -2.79. The molecule has 7 nitrogen and oxygen atoms in total. The van der Waals surface area contributed by atoms with Gasteiger partial charge in [-0.3, -0.25) is 0 Å². The van der Waals surface area contributed by atoms with Gasteiger partial charge in [0.1, 0.15) is 11.6 Å². The third-order valence-electron chi connectivity index (χ3n) is 5.03. The number of para-hydroxylation sites is 1. The average molecular weight is 434 g/mol. The fourth-order valence-corrected chi connectivity index (χ4v) is 4.88. The Bertz CT molecular complexity index is 1150. The van der Waals surface area contributed by atoms with Crippen LogP contribution in [-0.2, 0) is 10.0 Å². The van der Waals surface area contributed by atoms with Crippen LogP contribution in [0.2, 0.25) is 0 Å². The largest absolute Gasteiger partial charge is 0.497 e. The smallest absolute Gasteiger partial charge is 0.297 e. The van der Waals surface area contributed by atoms with Crippen molar-refractivity contribution in [2.45, 2.75) is 11.3 Å². The predicted molar refractivity (Wildman–Crippen MR) is 108 cm³/mol. The van der Waals surface area contributed by atoms with Gasteiger partial charge in [-0.1, -0.05) is 12.1 Å². The molecule has 0 aliphatic carbocycles. The molecule has 0 unspecified atom stereocenters. The van der Waals surface area contributed by atoms with Crippen molar-refractivity contribution in [3.05, 3.63) is 54.4 Å². The SMILES string of the molecule is COc1ccc(S(=O)(=O)N2CCN(c3nc(C(F)F)nc4ccccc34)CC2)cc1. The standard InChI is InChI=1S/C20H20F2N4O3S/c1-29-14-6-8-15(9-7-14)30(27,28)26-12-10-25(11-13-26)20-16-4-2-3-5-17(16)23-19(24-20)18(21)22/h2-9,18H,10-13H2,1H3. The van der Waals surface area contributed by atoms with Crippen molar-refractivity contribution in [3.8, 4) is 5.75 Å². The Kier molecular flexibility index (Phi) is 5.52. The summed E-state index contributed by atoms with van der Waals surface area (Å²) in [7, 11) is -2.15. The first-order valence-electron chi connectivity index (χ1n) is 9.34. The van der Waals surface area contributed by atoms with Crippen molar-refractivity contribution in [3.63, 3.8) is 0 Å². The van der Waals surface area contributed by atoms with Gasteiger partial charge < -0.3 is 9.64 Å². The number of piperazine rings is 1. The highest BCUT2D eigenvalue weighted by molar-refractivity contribution is 7.89. The van der Waals surface area contributed by atoms with Crippen molar-refractivity contribution in [1.82, 2.24) is 14.3 Å². The number of anilines is 1. The molecule has 1 aliphatic rings. The molecule has 0 N–H and O–H groups in total. The number of fused-ring (bicyclic) bond motifs is 1. The van der Waals surface area contributed by atoms with Crippen LogP contribution in [0.3, 0.4) is 0 Å². The molecule has 1 aromatic heterocycles. The summed E-state index contributed by atoms with van der Waals surface area (Å²) in [6, 6.07) is 13.2. The zero-order valence-electron chi connectivity index (χ0n) is 16.2. The van der Waals surface area contributed by atoms with Gasteiger partial charge in [-0.2, -0.15) is 4.31 Å². The number of benzene rings is 2. The molecule has 0 atom stereocenters. The molecule has 0 amide bonds. The van der Waals surface area contributed by atoms with Crippen LogP contribution in [0.15, 0.2) is 53.4 Å². The number of hydrogen-bond donors (Lipinski definition) is 0. The zero-order valence-corrected chi connectivity index (χ0v) is 17.0. The maximum Gasteiger partial charge on any atom is 0.297 e. The van der Waals surface area contributed by atoms with Crippen molar-refractivity contribution < 1.29 is 21.9 Å². The Labute approximate surface area is 173 Å². The molecule has 0 spiro atoms. The molecule has 0 radical (unpaired) electrons. The topological polar surface area (TPSA) is 75.6 Å². The van der Waals surface area contributed by atoms with Gasteiger partial charge >= 0.3 is 0 Å². The Hall–Kier alpha value is -2.85. The molecule has 0 bridgehead atoms. The van der Waals surface area contributed by atoms with Gasteiger partial charge in [0.25, 0.3) is 6.43 Å². The number of hydrogen-bond acceptors (Lipinski definition) is 6. The van der Waals surface area contributed by atoms with Gasteiger partial charge in [0.05, 0.1) is 17.5 Å². The summed E-state index contributed by atoms with van der Waals surface area (Å²) < 4.78 is 58.8. The minimum absolute atomic E-state index is 0.184. The van der Waals surface area contributed by atoms with Crippen molar-refractivity contribution in [2.24, 2.45) is 0 Å². The highest BCUT2D eigenvalue weighted by Crippen LogP contribution is 2.29. The van der Waals surface area contributed by atoms with Gasteiger partial charge in [0.2, 0.25) is 10.0 Å². The number of ether oxygens (including phenoxy) is 1. The molecule has 3 aromatic rings. The van der Waals surface area contributed by atoms with Gasteiger partial charge in [-0.15, -0.1) is 0 Å². The normalized spacial score (nSPS) is 15.7. The third kappa shape index (κ3) is 3.80. The average Bonchev–Trinajstić information content (AvgIpc) is 2.78. The highest BCUT2D eigenvalue weighted by atomic mass is 32.2. The molecule has 10 heteroatoms. The molecule has 30 heavy (non-hydrogen) atoms. The van der Waals surface area contributed by atoms with E-state index in [4.69, 9.17) is 4.74 Å². The Morgan fingerprint density at radius 3 is 2.27 bits per heavy atom. The van der Waals surface area contributed by atoms with Crippen LogP contribution in [0.1, 0.15) is 12.2 Å². The van der Waals surface area contributed by atoms with E-state index < -0.39 is 22.3 Å². The highest BCUT2D eigenvalue weighted by Gasteiger charge is 2.30. The summed E-state index contributed by atoms with van der Waals surface area (Å²) in [5.41, 5.74) is 0.436. The van der Waals surface area contributed by atoms with Crippen LogP contribution in [0.25, 0.3) is 10.9 Å². The third-order valence-corrected chi connectivity index (χ3v) is 6.94. The summed E-state index contributed by atoms with van der Waals surface area (Å²) in [5.74, 6) is 0.443. The number of rotatable bonds is 5. The van der Waals surface area contributed by atoms with E-state index in [1.807, 2.05) is 4.90 Å². The van der Waals surface area contributed by atoms with Gasteiger partial charge in [-0.05, 0) is 36.4 Å². The summed E-state index contributed by atoms with van der Waals surface area (Å²) in [6.45, 7) is 1.10. The second kappa shape index (κ2) is 8.11. The van der Waals surface area contributed by atoms with Crippen LogP contribution < -0.4 is 9.64 Å². The van der Waals surface area contributed by atoms with E-state index >= 15 is 0 Å². The van der Waals surface area contributed by atoms with Crippen LogP contribution in [-0.4, -0.2) is 56.0 Å². The lowest BCUT2D eigenvalue weighted by molar-refractivity contribution is 0.141. The van der Waals surface area contributed by atoms with E-state index in [9.17, 15) is 17.2 Å². The first-order valence-corrected chi connectivity index (χ1v) is 10.8. The van der Waals surface area contributed by atoms with Gasteiger partial charge in [0.15, 0.2) is 5.82 Å². The first-order chi connectivity index (χ1) is 14.4. The van der Waals surface area contributed by atoms with E-state index in [1.165, 1.54) is 23.5 Å². The van der Waals surface area contributed by atoms with E-state index in [0.29, 0.717) is 35.6 Å². The van der Waals surface area contributed by atoms with E-state index in [2.05, 4.69) is 9.97 Å². The Balaban J connectivity index is 1.57. The molecule has 4 rings (SSSR count). The number of methoxy groups -OCH3 is 1. The van der Waals surface area contributed by atoms with Gasteiger partial charge in [-0.25, -0.2) is 27.2 Å². The minimum Gasteiger partial charge on any atom is -0.497 e. The second-order valence-corrected chi connectivity index (χ2v) is 8.73. The van der Waals surface area contributed by atoms with Crippen molar-refractivity contribution in [2.75, 3.05) is 38.2 Å². The zero-order chi connectivity index (χ0) is 21.3. The maximum absolute atomic E-state index is 13.3. The number of aromatic nitrogens is 2. The van der Waals surface area contributed by atoms with E-state index in [0.717, 1.165) is 0 Å². The van der Waals surface area contributed by atoms with Crippen LogP contribution in [0.4, 0.5) is 14.6 Å². The molecule has 2 heterocycles. The first kappa shape index (κ1) is 20.4. The van der Waals surface area contributed by atoms with Crippen LogP contribution in [0, 0.1) is 0 Å². The number of alkyl halides is 2. The Morgan fingerprint density at radius 1 is 0.967 bits per heavy atom. The second-order valence-electron chi connectivity index (χ2n) is 6.79. The van der Waals surface area contributed by atoms with E-state index in [-0.39, 0.29) is 18.0 Å². The number of sulfonamides is 1. The summed E-state index contributed by atoms with van der Waals surface area (Å²) in [5, 5.41) is 0.661.